The standard InChI is InChI=1S/C22H22O3/c1-2-15-22(16-3-9-19(23)10-4-16,17-5-11-20(24)12-6-17)18-7-13-21(25)14-8-18/h3-14,23-25H,2,15H2,1H3. The van der Waals surface area contributed by atoms with Crippen LogP contribution in [0.4, 0.5) is 0 Å². The summed E-state index contributed by atoms with van der Waals surface area (Å²) in [7, 11) is 0. The summed E-state index contributed by atoms with van der Waals surface area (Å²) >= 11 is 0. The van der Waals surface area contributed by atoms with E-state index in [0.717, 1.165) is 29.5 Å². The Kier molecular flexibility index (Phi) is 4.66. The minimum atomic E-state index is -0.427. The molecule has 3 rings (SSSR count). The first-order valence-electron chi connectivity index (χ1n) is 8.45. The first-order chi connectivity index (χ1) is 12.1. The predicted molar refractivity (Wildman–Crippen MR) is 99.1 cm³/mol. The Balaban J connectivity index is 2.28. The average Bonchev–Trinajstić information content (AvgIpc) is 2.62. The lowest BCUT2D eigenvalue weighted by Gasteiger charge is -2.36. The Morgan fingerprint density at radius 2 is 0.840 bits per heavy atom. The van der Waals surface area contributed by atoms with Gasteiger partial charge in [0.1, 0.15) is 17.2 Å². The van der Waals surface area contributed by atoms with Gasteiger partial charge in [-0.15, -0.1) is 0 Å². The highest BCUT2D eigenvalue weighted by molar-refractivity contribution is 5.52. The van der Waals surface area contributed by atoms with Crippen LogP contribution in [0.2, 0.25) is 0 Å². The maximum Gasteiger partial charge on any atom is 0.115 e. The van der Waals surface area contributed by atoms with Gasteiger partial charge in [-0.25, -0.2) is 0 Å². The normalized spacial score (nSPS) is 11.4. The fourth-order valence-electron chi connectivity index (χ4n) is 3.55. The molecule has 0 aliphatic carbocycles. The number of phenolic OH excluding ortho intramolecular Hbond substituents is 3. The van der Waals surface area contributed by atoms with Crippen LogP contribution in [0, 0.1) is 0 Å². The van der Waals surface area contributed by atoms with E-state index in [-0.39, 0.29) is 17.2 Å². The van der Waals surface area contributed by atoms with Crippen molar-refractivity contribution in [3.05, 3.63) is 89.5 Å². The van der Waals surface area contributed by atoms with Crippen LogP contribution >= 0.6 is 0 Å². The summed E-state index contributed by atoms with van der Waals surface area (Å²) in [5.41, 5.74) is 2.75. The van der Waals surface area contributed by atoms with Gasteiger partial charge in [-0.3, -0.25) is 0 Å². The van der Waals surface area contributed by atoms with Gasteiger partial charge in [0.05, 0.1) is 0 Å². The summed E-state index contributed by atoms with van der Waals surface area (Å²) in [6.45, 7) is 2.13. The van der Waals surface area contributed by atoms with Crippen LogP contribution in [-0.4, -0.2) is 15.3 Å². The Labute approximate surface area is 147 Å². The van der Waals surface area contributed by atoms with Crippen LogP contribution in [0.25, 0.3) is 0 Å². The van der Waals surface area contributed by atoms with E-state index in [1.165, 1.54) is 0 Å². The smallest absolute Gasteiger partial charge is 0.115 e. The van der Waals surface area contributed by atoms with Crippen LogP contribution in [-0.2, 0) is 5.41 Å². The topological polar surface area (TPSA) is 60.7 Å². The van der Waals surface area contributed by atoms with Gasteiger partial charge in [0.15, 0.2) is 0 Å². The lowest BCUT2D eigenvalue weighted by atomic mass is 9.67. The Bertz CT molecular complexity index is 708. The molecule has 0 amide bonds. The highest BCUT2D eigenvalue weighted by atomic mass is 16.3. The van der Waals surface area contributed by atoms with Crippen molar-refractivity contribution < 1.29 is 15.3 Å². The van der Waals surface area contributed by atoms with Gasteiger partial charge in [-0.05, 0) is 59.5 Å². The fourth-order valence-corrected chi connectivity index (χ4v) is 3.55. The molecular formula is C22H22O3. The van der Waals surface area contributed by atoms with Crippen molar-refractivity contribution in [2.75, 3.05) is 0 Å². The van der Waals surface area contributed by atoms with Crippen LogP contribution in [0.3, 0.4) is 0 Å². The van der Waals surface area contributed by atoms with Crippen molar-refractivity contribution >= 4 is 0 Å². The molecule has 0 radical (unpaired) electrons. The van der Waals surface area contributed by atoms with Crippen LogP contribution in [0.1, 0.15) is 36.5 Å². The highest BCUT2D eigenvalue weighted by Crippen LogP contribution is 2.44. The molecule has 25 heavy (non-hydrogen) atoms. The monoisotopic (exact) mass is 334 g/mol. The molecule has 0 bridgehead atoms. The summed E-state index contributed by atoms with van der Waals surface area (Å²) in [5.74, 6) is 0.682. The van der Waals surface area contributed by atoms with Crippen molar-refractivity contribution in [2.24, 2.45) is 0 Å². The first-order valence-corrected chi connectivity index (χ1v) is 8.45. The van der Waals surface area contributed by atoms with Crippen molar-refractivity contribution in [1.29, 1.82) is 0 Å². The molecule has 3 nitrogen and oxygen atoms in total. The van der Waals surface area contributed by atoms with Gasteiger partial charge in [-0.1, -0.05) is 49.7 Å². The van der Waals surface area contributed by atoms with Gasteiger partial charge in [0, 0.05) is 5.41 Å². The third-order valence-corrected chi connectivity index (χ3v) is 4.71. The number of hydrogen-bond acceptors (Lipinski definition) is 3. The second kappa shape index (κ2) is 6.89. The summed E-state index contributed by atoms with van der Waals surface area (Å²) in [4.78, 5) is 0. The summed E-state index contributed by atoms with van der Waals surface area (Å²) in [5, 5.41) is 29.1. The molecule has 0 fully saturated rings. The van der Waals surface area contributed by atoms with E-state index in [1.54, 1.807) is 36.4 Å². The summed E-state index contributed by atoms with van der Waals surface area (Å²) in [6, 6.07) is 21.8. The molecule has 0 spiro atoms. The third-order valence-electron chi connectivity index (χ3n) is 4.71. The summed E-state index contributed by atoms with van der Waals surface area (Å²) in [6.07, 6.45) is 1.80. The van der Waals surface area contributed by atoms with Crippen molar-refractivity contribution in [3.8, 4) is 17.2 Å². The van der Waals surface area contributed by atoms with Gasteiger partial charge in [0.2, 0.25) is 0 Å². The lowest BCUT2D eigenvalue weighted by molar-refractivity contribution is 0.471. The molecule has 0 saturated carbocycles. The zero-order chi connectivity index (χ0) is 17.9. The molecule has 3 N–H and O–H groups in total. The Morgan fingerprint density at radius 1 is 0.560 bits per heavy atom. The third kappa shape index (κ3) is 3.18. The molecule has 3 aromatic carbocycles. The number of phenols is 3. The molecular weight excluding hydrogens is 312 g/mol. The van der Waals surface area contributed by atoms with Crippen LogP contribution in [0.5, 0.6) is 17.2 Å². The average molecular weight is 334 g/mol. The molecule has 3 heteroatoms. The van der Waals surface area contributed by atoms with Gasteiger partial charge < -0.3 is 15.3 Å². The van der Waals surface area contributed by atoms with E-state index in [9.17, 15) is 15.3 Å². The number of aromatic hydroxyl groups is 3. The van der Waals surface area contributed by atoms with E-state index >= 15 is 0 Å². The minimum Gasteiger partial charge on any atom is -0.508 e. The van der Waals surface area contributed by atoms with E-state index in [4.69, 9.17) is 0 Å². The largest absolute Gasteiger partial charge is 0.508 e. The van der Waals surface area contributed by atoms with Gasteiger partial charge >= 0.3 is 0 Å². The van der Waals surface area contributed by atoms with E-state index in [0.29, 0.717) is 0 Å². The quantitative estimate of drug-likeness (QED) is 0.579. The van der Waals surface area contributed by atoms with Crippen molar-refractivity contribution in [1.82, 2.24) is 0 Å². The Hall–Kier alpha value is -2.94. The second-order valence-corrected chi connectivity index (χ2v) is 6.30. The van der Waals surface area contributed by atoms with E-state index in [1.807, 2.05) is 36.4 Å². The molecule has 0 aromatic heterocycles. The fraction of sp³-hybridized carbons (Fsp3) is 0.182. The number of hydrogen-bond donors (Lipinski definition) is 3. The SMILES string of the molecule is CCCC(c1ccc(O)cc1)(c1ccc(O)cc1)c1ccc(O)cc1. The van der Waals surface area contributed by atoms with Crippen LogP contribution < -0.4 is 0 Å². The maximum atomic E-state index is 9.70. The van der Waals surface area contributed by atoms with Gasteiger partial charge in [0.25, 0.3) is 0 Å². The minimum absolute atomic E-state index is 0.227. The molecule has 0 heterocycles. The van der Waals surface area contributed by atoms with E-state index in [2.05, 4.69) is 6.92 Å². The number of rotatable bonds is 5. The van der Waals surface area contributed by atoms with E-state index < -0.39 is 5.41 Å². The molecule has 128 valence electrons. The maximum absolute atomic E-state index is 9.70. The highest BCUT2D eigenvalue weighted by Gasteiger charge is 2.35. The Morgan fingerprint density at radius 3 is 1.08 bits per heavy atom. The zero-order valence-electron chi connectivity index (χ0n) is 14.2. The van der Waals surface area contributed by atoms with Crippen molar-refractivity contribution in [3.63, 3.8) is 0 Å². The van der Waals surface area contributed by atoms with Crippen LogP contribution in [0.15, 0.2) is 72.8 Å². The first kappa shape index (κ1) is 16.9. The second-order valence-electron chi connectivity index (χ2n) is 6.30. The molecule has 0 unspecified atom stereocenters. The number of benzene rings is 3. The zero-order valence-corrected chi connectivity index (χ0v) is 14.2. The molecule has 0 saturated heterocycles. The molecule has 3 aromatic rings. The van der Waals surface area contributed by atoms with Gasteiger partial charge in [-0.2, -0.15) is 0 Å². The summed E-state index contributed by atoms with van der Waals surface area (Å²) < 4.78 is 0. The lowest BCUT2D eigenvalue weighted by Crippen LogP contribution is -2.29. The molecule has 0 aliphatic rings. The van der Waals surface area contributed by atoms with Crippen molar-refractivity contribution in [2.45, 2.75) is 25.2 Å². The predicted octanol–water partition coefficient (Wildman–Crippen LogP) is 4.94. The molecule has 0 aliphatic heterocycles. The molecule has 0 atom stereocenters.